The summed E-state index contributed by atoms with van der Waals surface area (Å²) in [5.41, 5.74) is -2.43. The van der Waals surface area contributed by atoms with E-state index in [1.807, 2.05) is 0 Å². The van der Waals surface area contributed by atoms with Crippen LogP contribution in [0.15, 0.2) is 0 Å². The van der Waals surface area contributed by atoms with Crippen molar-refractivity contribution in [2.45, 2.75) is 18.4 Å². The van der Waals surface area contributed by atoms with E-state index in [2.05, 4.69) is 4.29 Å². The zero-order valence-corrected chi connectivity index (χ0v) is 19.5. The summed E-state index contributed by atoms with van der Waals surface area (Å²) in [6, 6.07) is 0. The summed E-state index contributed by atoms with van der Waals surface area (Å²) >= 11 is 4.80. The van der Waals surface area contributed by atoms with Crippen molar-refractivity contribution in [3.05, 3.63) is 0 Å². The Balaban J connectivity index is -0.0000000302. The van der Waals surface area contributed by atoms with Gasteiger partial charge in [-0.3, -0.25) is 13.9 Å². The predicted molar refractivity (Wildman–Crippen MR) is 46.3 cm³/mol. The van der Waals surface area contributed by atoms with Crippen molar-refractivity contribution in [1.82, 2.24) is 0 Å². The summed E-state index contributed by atoms with van der Waals surface area (Å²) in [6.45, 7) is 0. The minimum Gasteiger partial charge on any atom is -1.00 e. The Kier molecular flexibility index (Phi) is 29.0. The zero-order valence-electron chi connectivity index (χ0n) is 14.8. The minimum absolute atomic E-state index is 0. The Labute approximate surface area is 203 Å². The molecular formula is C6H11ClNa4O7. The second-order valence-electron chi connectivity index (χ2n) is 2.52. The predicted octanol–water partition coefficient (Wildman–Crippen LogP) is -11.6. The maximum Gasteiger partial charge on any atom is 1.00 e. The maximum atomic E-state index is 10.6. The second kappa shape index (κ2) is 16.0. The molecule has 7 nitrogen and oxygen atoms in total. The van der Waals surface area contributed by atoms with E-state index in [-0.39, 0.29) is 124 Å². The smallest absolute Gasteiger partial charge is 1.00 e. The normalized spacial score (nSPS) is 8.50. The topological polar surface area (TPSA) is 121 Å². The number of hydrogen-bond acceptors (Lipinski definition) is 4. The van der Waals surface area contributed by atoms with Gasteiger partial charge in [0.2, 0.25) is 5.60 Å². The third kappa shape index (κ3) is 12.4. The molecule has 3 N–H and O–H groups in total. The van der Waals surface area contributed by atoms with E-state index >= 15 is 0 Å². The first-order valence-electron chi connectivity index (χ1n) is 3.31. The van der Waals surface area contributed by atoms with Crippen molar-refractivity contribution in [3.63, 3.8) is 0 Å². The van der Waals surface area contributed by atoms with Crippen molar-refractivity contribution < 1.29 is 158 Å². The summed E-state index contributed by atoms with van der Waals surface area (Å²) < 4.78 is 3.93. The fourth-order valence-electron chi connectivity index (χ4n) is 0.790. The molecule has 0 aromatic heterocycles. The van der Waals surface area contributed by atoms with Crippen molar-refractivity contribution in [2.75, 3.05) is 0 Å². The van der Waals surface area contributed by atoms with Gasteiger partial charge in [-0.2, -0.15) is 0 Å². The van der Waals surface area contributed by atoms with Crippen LogP contribution >= 0.6 is 11.9 Å². The number of carboxylic acid groups (broad SMARTS) is 3. The minimum atomic E-state index is -2.43. The summed E-state index contributed by atoms with van der Waals surface area (Å²) in [7, 11) is 0. The number of carbonyl (C=O) groups is 3. The summed E-state index contributed by atoms with van der Waals surface area (Å²) in [6.07, 6.45) is -2.06. The Morgan fingerprint density at radius 2 is 1.22 bits per heavy atom. The molecule has 0 fully saturated rings. The van der Waals surface area contributed by atoms with Crippen molar-refractivity contribution in [2.24, 2.45) is 0 Å². The third-order valence-corrected chi connectivity index (χ3v) is 1.71. The maximum absolute atomic E-state index is 10.6. The van der Waals surface area contributed by atoms with Crippen LogP contribution in [0.25, 0.3) is 0 Å². The second-order valence-corrected chi connectivity index (χ2v) is 2.67. The van der Waals surface area contributed by atoms with E-state index < -0.39 is 36.4 Å². The van der Waals surface area contributed by atoms with Crippen LogP contribution in [-0.4, -0.2) is 38.8 Å². The van der Waals surface area contributed by atoms with Crippen molar-refractivity contribution in [3.8, 4) is 0 Å². The van der Waals surface area contributed by atoms with Gasteiger partial charge >= 0.3 is 136 Å². The van der Waals surface area contributed by atoms with Crippen LogP contribution in [-0.2, 0) is 18.7 Å². The van der Waals surface area contributed by atoms with E-state index in [0.29, 0.717) is 0 Å². The summed E-state index contributed by atoms with van der Waals surface area (Å²) in [5.74, 6) is -4.78. The Bertz CT molecular complexity index is 274. The molecule has 0 amide bonds. The van der Waals surface area contributed by atoms with Gasteiger partial charge in [-0.05, 0) is 0 Å². The van der Waals surface area contributed by atoms with E-state index in [1.165, 1.54) is 0 Å². The van der Waals surface area contributed by atoms with Crippen LogP contribution in [0.5, 0.6) is 0 Å². The average molecular weight is 323 g/mol. The van der Waals surface area contributed by atoms with Gasteiger partial charge in [0.05, 0.1) is 24.7 Å². The summed E-state index contributed by atoms with van der Waals surface area (Å²) in [5, 5.41) is 25.3. The molecule has 0 atom stereocenters. The van der Waals surface area contributed by atoms with E-state index in [1.54, 1.807) is 0 Å². The Morgan fingerprint density at radius 1 is 0.944 bits per heavy atom. The summed E-state index contributed by atoms with van der Waals surface area (Å²) in [4.78, 5) is 31.1. The Hall–Kier alpha value is 2.66. The van der Waals surface area contributed by atoms with E-state index in [9.17, 15) is 14.4 Å². The molecule has 0 aromatic rings. The first-order valence-corrected chi connectivity index (χ1v) is 3.61. The van der Waals surface area contributed by atoms with E-state index in [0.717, 1.165) is 0 Å². The fraction of sp³-hybridized carbons (Fsp3) is 0.500. The molecule has 0 saturated carbocycles. The van der Waals surface area contributed by atoms with Crippen molar-refractivity contribution in [1.29, 1.82) is 0 Å². The van der Waals surface area contributed by atoms with Crippen molar-refractivity contribution >= 4 is 29.8 Å². The molecule has 0 aliphatic carbocycles. The number of aliphatic carboxylic acids is 3. The molecule has 0 aliphatic rings. The largest absolute Gasteiger partial charge is 1.00 e. The molecule has 0 rings (SSSR count). The first-order chi connectivity index (χ1) is 6.34. The average Bonchev–Trinajstić information content (AvgIpc) is 2.00. The monoisotopic (exact) mass is 322 g/mol. The zero-order chi connectivity index (χ0) is 11.4. The van der Waals surface area contributed by atoms with Gasteiger partial charge in [0, 0.05) is 0 Å². The molecule has 88 valence electrons. The SMILES string of the molecule is O=C(O)CC(CC(=O)O)(OCl)C(=O)O.[H-].[H-].[H-].[H-].[Na+].[Na+].[Na+].[Na+]. The molecule has 18 heavy (non-hydrogen) atoms. The van der Waals surface area contributed by atoms with Gasteiger partial charge in [-0.15, -0.1) is 0 Å². The first kappa shape index (κ1) is 32.6. The number of rotatable bonds is 6. The standard InChI is InChI=1S/C6H7ClO7.4Na.4H/c7-14-6(5(12)13,1-3(8)9)2-4(10)11;;;;;;;;/h1-2H2,(H,8,9)(H,10,11)(H,12,13);;;;;;;;/q;4*+1;4*-1. The molecule has 0 bridgehead atoms. The molecule has 12 heteroatoms. The van der Waals surface area contributed by atoms with Crippen LogP contribution < -0.4 is 118 Å². The third-order valence-electron chi connectivity index (χ3n) is 1.41. The van der Waals surface area contributed by atoms with Gasteiger partial charge in [0.25, 0.3) is 0 Å². The molecule has 0 spiro atoms. The van der Waals surface area contributed by atoms with Gasteiger partial charge in [-0.25, -0.2) is 4.79 Å². The van der Waals surface area contributed by atoms with Gasteiger partial charge in [0.1, 0.15) is 0 Å². The molecule has 0 unspecified atom stereocenters. The van der Waals surface area contributed by atoms with Gasteiger partial charge < -0.3 is 21.0 Å². The molecule has 0 saturated heterocycles. The fourth-order valence-corrected chi connectivity index (χ4v) is 0.965. The van der Waals surface area contributed by atoms with Crippen LogP contribution in [0.4, 0.5) is 0 Å². The number of halogens is 1. The van der Waals surface area contributed by atoms with E-state index in [4.69, 9.17) is 27.2 Å². The molecule has 0 aromatic carbocycles. The van der Waals surface area contributed by atoms with Crippen LogP contribution in [0.2, 0.25) is 0 Å². The van der Waals surface area contributed by atoms with Crippen LogP contribution in [0, 0.1) is 0 Å². The molecular weight excluding hydrogens is 311 g/mol. The quantitative estimate of drug-likeness (QED) is 0.415. The van der Waals surface area contributed by atoms with Gasteiger partial charge in [0.15, 0.2) is 0 Å². The number of carboxylic acids is 3. The van der Waals surface area contributed by atoms with Crippen LogP contribution in [0.3, 0.4) is 0 Å². The Morgan fingerprint density at radius 3 is 1.33 bits per heavy atom. The molecule has 0 heterocycles. The molecule has 0 aliphatic heterocycles. The number of hydrogen-bond donors (Lipinski definition) is 3. The van der Waals surface area contributed by atoms with Gasteiger partial charge in [-0.1, -0.05) is 0 Å². The van der Waals surface area contributed by atoms with Crippen LogP contribution in [0.1, 0.15) is 18.5 Å². The molecule has 0 radical (unpaired) electrons.